The number of rotatable bonds is 5. The Bertz CT molecular complexity index is 268. The first-order chi connectivity index (χ1) is 7.81. The van der Waals surface area contributed by atoms with Crippen molar-refractivity contribution in [1.29, 1.82) is 0 Å². The quantitative estimate of drug-likeness (QED) is 0.630. The molecule has 0 aromatic rings. The Morgan fingerprint density at radius 3 is 1.69 bits per heavy atom. The van der Waals surface area contributed by atoms with E-state index in [4.69, 9.17) is 0 Å². The van der Waals surface area contributed by atoms with E-state index in [1.165, 1.54) is 12.8 Å². The fraction of sp³-hybridized carbons (Fsp3) is 0.600. The number of hydrogen-bond acceptors (Lipinski definition) is 6. The average Bonchev–Trinajstić information content (AvgIpc) is 2.95. The Morgan fingerprint density at radius 1 is 0.938 bits per heavy atom. The maximum Gasteiger partial charge on any atom is 0.104 e. The van der Waals surface area contributed by atoms with Gasteiger partial charge in [0, 0.05) is 0 Å². The molecule has 0 amide bonds. The maximum absolute atomic E-state index is 2.35. The van der Waals surface area contributed by atoms with Gasteiger partial charge in [-0.1, -0.05) is 0 Å². The lowest BCUT2D eigenvalue weighted by atomic mass is 10.3. The van der Waals surface area contributed by atoms with Gasteiger partial charge in [-0.05, 0) is 46.0 Å². The van der Waals surface area contributed by atoms with E-state index in [0.29, 0.717) is 7.83 Å². The van der Waals surface area contributed by atoms with Crippen molar-refractivity contribution in [3.8, 4) is 0 Å². The van der Waals surface area contributed by atoms with Crippen LogP contribution < -0.4 is 0 Å². The summed E-state index contributed by atoms with van der Waals surface area (Å²) in [5.41, 5.74) is 0. The summed E-state index contributed by atoms with van der Waals surface area (Å²) in [6, 6.07) is 0. The molecule has 0 saturated heterocycles. The van der Waals surface area contributed by atoms with Crippen molar-refractivity contribution in [2.75, 3.05) is 12.5 Å². The molecule has 0 aliphatic carbocycles. The highest BCUT2D eigenvalue weighted by Crippen LogP contribution is 2.50. The Labute approximate surface area is 123 Å². The Morgan fingerprint density at radius 2 is 1.38 bits per heavy atom. The van der Waals surface area contributed by atoms with Gasteiger partial charge in [0.2, 0.25) is 0 Å². The van der Waals surface area contributed by atoms with Gasteiger partial charge in [0.1, 0.15) is 7.83 Å². The van der Waals surface area contributed by atoms with Crippen LogP contribution in [0.4, 0.5) is 0 Å². The maximum atomic E-state index is 2.35. The summed E-state index contributed by atoms with van der Waals surface area (Å²) in [5, 5.41) is 4.70. The van der Waals surface area contributed by atoms with Crippen LogP contribution in [0.25, 0.3) is 0 Å². The van der Waals surface area contributed by atoms with E-state index >= 15 is 0 Å². The van der Waals surface area contributed by atoms with Gasteiger partial charge in [-0.25, -0.2) is 0 Å². The molecule has 0 saturated carbocycles. The second-order valence-electron chi connectivity index (χ2n) is 3.22. The normalized spacial score (nSPS) is 29.4. The molecule has 0 bridgehead atoms. The molecule has 2 aliphatic rings. The Balaban J connectivity index is 1.69. The zero-order chi connectivity index (χ0) is 11.4. The summed E-state index contributed by atoms with van der Waals surface area (Å²) in [4.78, 5) is 3.15. The summed E-state index contributed by atoms with van der Waals surface area (Å²) < 4.78 is 1.40. The Kier molecular flexibility index (Phi) is 6.33. The molecule has 2 unspecified atom stereocenters. The lowest BCUT2D eigenvalue weighted by molar-refractivity contribution is 1.03. The monoisotopic (exact) mass is 326 g/mol. The molecule has 0 nitrogen and oxygen atoms in total. The van der Waals surface area contributed by atoms with Crippen LogP contribution in [-0.2, 0) is 0 Å². The van der Waals surface area contributed by atoms with Crippen LogP contribution in [0.2, 0.25) is 0 Å². The van der Waals surface area contributed by atoms with Crippen LogP contribution in [0, 0.1) is 0 Å². The molecule has 16 heavy (non-hydrogen) atoms. The van der Waals surface area contributed by atoms with Gasteiger partial charge in [-0.15, -0.1) is 70.6 Å². The zero-order valence-electron chi connectivity index (χ0n) is 9.17. The molecule has 2 aliphatic heterocycles. The molecule has 0 aromatic carbocycles. The minimum Gasteiger partial charge on any atom is -0.139 e. The molecule has 0 fully saturated rings. The van der Waals surface area contributed by atoms with E-state index in [2.05, 4.69) is 23.3 Å². The van der Waals surface area contributed by atoms with Crippen LogP contribution >= 0.6 is 70.6 Å². The topological polar surface area (TPSA) is 0 Å². The van der Waals surface area contributed by atoms with Crippen LogP contribution in [0.15, 0.2) is 20.6 Å². The molecule has 6 heteroatoms. The summed E-state index contributed by atoms with van der Waals surface area (Å²) in [5.74, 6) is 0. The predicted molar refractivity (Wildman–Crippen MR) is 90.4 cm³/mol. The average molecular weight is 327 g/mol. The van der Waals surface area contributed by atoms with Crippen molar-refractivity contribution in [3.05, 3.63) is 20.6 Å². The first-order valence-electron chi connectivity index (χ1n) is 4.89. The summed E-state index contributed by atoms with van der Waals surface area (Å²) in [6.07, 6.45) is 6.84. The minimum atomic E-state index is 0.702. The van der Waals surface area contributed by atoms with Crippen molar-refractivity contribution in [2.24, 2.45) is 0 Å². The molecule has 0 radical (unpaired) electrons. The van der Waals surface area contributed by atoms with Crippen LogP contribution in [0.1, 0.15) is 12.8 Å². The van der Waals surface area contributed by atoms with E-state index in [9.17, 15) is 0 Å². The van der Waals surface area contributed by atoms with Gasteiger partial charge in [0.15, 0.2) is 0 Å². The van der Waals surface area contributed by atoms with E-state index in [-0.39, 0.29) is 0 Å². The molecule has 2 atom stereocenters. The zero-order valence-corrected chi connectivity index (χ0v) is 14.1. The van der Waals surface area contributed by atoms with Gasteiger partial charge in [-0.2, -0.15) is 0 Å². The van der Waals surface area contributed by atoms with Crippen LogP contribution in [-0.4, -0.2) is 20.3 Å². The predicted octanol–water partition coefficient (Wildman–Crippen LogP) is 5.70. The second kappa shape index (κ2) is 7.24. The second-order valence-corrected chi connectivity index (χ2v) is 11.3. The van der Waals surface area contributed by atoms with E-state index in [1.807, 2.05) is 70.6 Å². The van der Waals surface area contributed by atoms with Gasteiger partial charge in [0.25, 0.3) is 0 Å². The fourth-order valence-corrected chi connectivity index (χ4v) is 8.04. The third-order valence-electron chi connectivity index (χ3n) is 2.12. The minimum absolute atomic E-state index is 0.702. The molecule has 0 N–H and O–H groups in total. The molecule has 0 aromatic heterocycles. The third kappa shape index (κ3) is 4.05. The smallest absolute Gasteiger partial charge is 0.104 e. The first kappa shape index (κ1) is 14.0. The number of hydrogen-bond donors (Lipinski definition) is 0. The summed E-state index contributed by atoms with van der Waals surface area (Å²) in [7, 11) is 0. The standard InChI is InChI=1S/C10H14S6/c1-11-9-13-5-7(15-9)3-4-8-6-14-10(12-2)16-8/h5-6,9-10H,3-4H2,1-2H3. The third-order valence-corrected chi connectivity index (χ3v) is 10.9. The van der Waals surface area contributed by atoms with Crippen LogP contribution in [0.3, 0.4) is 0 Å². The van der Waals surface area contributed by atoms with Crippen molar-refractivity contribution < 1.29 is 0 Å². The van der Waals surface area contributed by atoms with Crippen molar-refractivity contribution >= 4 is 70.6 Å². The molecule has 90 valence electrons. The molecule has 2 rings (SSSR count). The molecule has 2 heterocycles. The fourth-order valence-electron chi connectivity index (χ4n) is 1.31. The number of thioether (sulfide) groups is 6. The van der Waals surface area contributed by atoms with Crippen molar-refractivity contribution in [3.63, 3.8) is 0 Å². The van der Waals surface area contributed by atoms with Crippen LogP contribution in [0.5, 0.6) is 0 Å². The van der Waals surface area contributed by atoms with E-state index in [0.717, 1.165) is 0 Å². The molecular formula is C10H14S6. The molecular weight excluding hydrogens is 313 g/mol. The molecule has 0 spiro atoms. The number of allylic oxidation sites excluding steroid dienone is 2. The van der Waals surface area contributed by atoms with Gasteiger partial charge >= 0.3 is 0 Å². The van der Waals surface area contributed by atoms with Crippen molar-refractivity contribution in [2.45, 2.75) is 20.7 Å². The largest absolute Gasteiger partial charge is 0.139 e. The summed E-state index contributed by atoms with van der Waals surface area (Å²) >= 11 is 11.9. The summed E-state index contributed by atoms with van der Waals surface area (Å²) in [6.45, 7) is 0. The van der Waals surface area contributed by atoms with E-state index < -0.39 is 0 Å². The van der Waals surface area contributed by atoms with Gasteiger partial charge in [0.05, 0.1) is 0 Å². The van der Waals surface area contributed by atoms with Crippen molar-refractivity contribution in [1.82, 2.24) is 0 Å². The first-order valence-corrected chi connectivity index (χ1v) is 11.1. The SMILES string of the molecule is CSC1SC=C(CCC2=CSC(SC)S2)S1. The highest BCUT2D eigenvalue weighted by Gasteiger charge is 2.20. The Hall–Kier alpha value is 1.58. The van der Waals surface area contributed by atoms with Gasteiger partial charge < -0.3 is 0 Å². The van der Waals surface area contributed by atoms with E-state index in [1.54, 1.807) is 9.81 Å². The lowest BCUT2D eigenvalue weighted by Crippen LogP contribution is -1.84. The highest BCUT2D eigenvalue weighted by molar-refractivity contribution is 8.36. The lowest BCUT2D eigenvalue weighted by Gasteiger charge is -2.06. The highest BCUT2D eigenvalue weighted by atomic mass is 32.3. The van der Waals surface area contributed by atoms with Gasteiger partial charge in [-0.3, -0.25) is 0 Å².